The summed E-state index contributed by atoms with van der Waals surface area (Å²) in [4.78, 5) is 16.8. The second-order valence-corrected chi connectivity index (χ2v) is 6.72. The molecule has 1 amide bonds. The van der Waals surface area contributed by atoms with Gasteiger partial charge in [0.05, 0.1) is 18.3 Å². The molecule has 0 unspecified atom stereocenters. The van der Waals surface area contributed by atoms with Crippen LogP contribution in [0.1, 0.15) is 47.3 Å². The number of aliphatic hydroxyl groups is 1. The van der Waals surface area contributed by atoms with Crippen LogP contribution in [-0.4, -0.2) is 28.1 Å². The maximum Gasteiger partial charge on any atom is 0.251 e. The van der Waals surface area contributed by atoms with Crippen molar-refractivity contribution in [2.24, 2.45) is 0 Å². The van der Waals surface area contributed by atoms with E-state index in [1.807, 2.05) is 37.3 Å². The molecule has 2 aromatic rings. The number of pyridine rings is 1. The van der Waals surface area contributed by atoms with Gasteiger partial charge in [0.25, 0.3) is 5.91 Å². The fourth-order valence-corrected chi connectivity index (χ4v) is 3.20. The van der Waals surface area contributed by atoms with Gasteiger partial charge in [0.1, 0.15) is 12.4 Å². The summed E-state index contributed by atoms with van der Waals surface area (Å²) in [6.45, 7) is 2.29. The fraction of sp³-hybridized carbons (Fsp3) is 0.400. The predicted molar refractivity (Wildman–Crippen MR) is 95.5 cm³/mol. The van der Waals surface area contributed by atoms with E-state index in [4.69, 9.17) is 4.74 Å². The average molecular weight is 340 g/mol. The monoisotopic (exact) mass is 340 g/mol. The molecule has 1 aliphatic rings. The van der Waals surface area contributed by atoms with Gasteiger partial charge in [0, 0.05) is 11.3 Å². The number of carbonyl (C=O) groups is 1. The number of aliphatic hydroxyl groups excluding tert-OH is 1. The second kappa shape index (κ2) is 7.66. The molecular weight excluding hydrogens is 316 g/mol. The molecule has 0 radical (unpaired) electrons. The van der Waals surface area contributed by atoms with Gasteiger partial charge < -0.3 is 15.2 Å². The highest BCUT2D eigenvalue weighted by Crippen LogP contribution is 2.29. The molecule has 25 heavy (non-hydrogen) atoms. The summed E-state index contributed by atoms with van der Waals surface area (Å²) in [6.07, 6.45) is 5.44. The van der Waals surface area contributed by atoms with Crippen molar-refractivity contribution in [3.63, 3.8) is 0 Å². The van der Waals surface area contributed by atoms with E-state index in [1.54, 1.807) is 12.3 Å². The molecule has 1 saturated carbocycles. The molecule has 3 rings (SSSR count). The molecule has 0 saturated heterocycles. The van der Waals surface area contributed by atoms with Crippen LogP contribution in [0.15, 0.2) is 42.6 Å². The van der Waals surface area contributed by atoms with Crippen LogP contribution in [0.5, 0.6) is 5.75 Å². The zero-order chi connectivity index (χ0) is 17.7. The Labute approximate surface area is 148 Å². The summed E-state index contributed by atoms with van der Waals surface area (Å²) in [5.74, 6) is 0.556. The Balaban J connectivity index is 1.64. The molecule has 5 heteroatoms. The van der Waals surface area contributed by atoms with Gasteiger partial charge in [-0.25, -0.2) is 0 Å². The van der Waals surface area contributed by atoms with Gasteiger partial charge in [-0.05, 0) is 49.6 Å². The van der Waals surface area contributed by atoms with Crippen molar-refractivity contribution in [3.05, 3.63) is 59.4 Å². The van der Waals surface area contributed by atoms with Gasteiger partial charge in [0.2, 0.25) is 0 Å². The number of aromatic nitrogens is 1. The van der Waals surface area contributed by atoms with Gasteiger partial charge in [-0.3, -0.25) is 9.78 Å². The van der Waals surface area contributed by atoms with E-state index in [-0.39, 0.29) is 12.5 Å². The molecule has 1 fully saturated rings. The van der Waals surface area contributed by atoms with Gasteiger partial charge in [-0.1, -0.05) is 25.0 Å². The van der Waals surface area contributed by atoms with Crippen LogP contribution in [0.2, 0.25) is 0 Å². The first kappa shape index (κ1) is 17.4. The fourth-order valence-electron chi connectivity index (χ4n) is 3.20. The van der Waals surface area contributed by atoms with E-state index in [9.17, 15) is 9.90 Å². The van der Waals surface area contributed by atoms with Crippen molar-refractivity contribution in [1.82, 2.24) is 10.3 Å². The Morgan fingerprint density at radius 2 is 2.08 bits per heavy atom. The van der Waals surface area contributed by atoms with E-state index >= 15 is 0 Å². The van der Waals surface area contributed by atoms with Gasteiger partial charge in [-0.2, -0.15) is 0 Å². The maximum atomic E-state index is 12.6. The first-order valence-electron chi connectivity index (χ1n) is 8.68. The third kappa shape index (κ3) is 4.37. The standard InChI is InChI=1S/C20H24N2O3/c1-15-7-8-18(12-21-15)25-13-16-5-4-6-17(11-16)19(24)22-20(14-23)9-2-3-10-20/h4-8,11-12,23H,2-3,9-10,13-14H2,1H3,(H,22,24). The molecule has 5 nitrogen and oxygen atoms in total. The van der Waals surface area contributed by atoms with Crippen LogP contribution >= 0.6 is 0 Å². The number of amides is 1. The van der Waals surface area contributed by atoms with Crippen LogP contribution in [0.3, 0.4) is 0 Å². The Hall–Kier alpha value is -2.40. The minimum Gasteiger partial charge on any atom is -0.487 e. The third-order valence-corrected chi connectivity index (χ3v) is 4.72. The van der Waals surface area contributed by atoms with E-state index < -0.39 is 5.54 Å². The minimum atomic E-state index is -0.461. The highest BCUT2D eigenvalue weighted by molar-refractivity contribution is 5.94. The molecule has 1 heterocycles. The first-order valence-corrected chi connectivity index (χ1v) is 8.68. The number of rotatable bonds is 6. The SMILES string of the molecule is Cc1ccc(OCc2cccc(C(=O)NC3(CO)CCCC3)c2)cn1. The summed E-state index contributed by atoms with van der Waals surface area (Å²) in [7, 11) is 0. The highest BCUT2D eigenvalue weighted by Gasteiger charge is 2.34. The Bertz CT molecular complexity index is 722. The zero-order valence-electron chi connectivity index (χ0n) is 14.5. The van der Waals surface area contributed by atoms with E-state index in [1.165, 1.54) is 0 Å². The van der Waals surface area contributed by atoms with Gasteiger partial charge in [-0.15, -0.1) is 0 Å². The van der Waals surface area contributed by atoms with Crippen LogP contribution in [0.4, 0.5) is 0 Å². The van der Waals surface area contributed by atoms with Crippen LogP contribution in [0.25, 0.3) is 0 Å². The van der Waals surface area contributed by atoms with Gasteiger partial charge in [0.15, 0.2) is 0 Å². The van der Waals surface area contributed by atoms with Crippen molar-refractivity contribution < 1.29 is 14.6 Å². The topological polar surface area (TPSA) is 71.5 Å². The maximum absolute atomic E-state index is 12.6. The molecule has 0 atom stereocenters. The van der Waals surface area contributed by atoms with Crippen molar-refractivity contribution in [1.29, 1.82) is 0 Å². The normalized spacial score (nSPS) is 15.8. The molecule has 0 aliphatic heterocycles. The first-order chi connectivity index (χ1) is 12.1. The summed E-state index contributed by atoms with van der Waals surface area (Å²) in [6, 6.07) is 11.2. The van der Waals surface area contributed by atoms with Gasteiger partial charge >= 0.3 is 0 Å². The number of nitrogens with zero attached hydrogens (tertiary/aromatic N) is 1. The largest absolute Gasteiger partial charge is 0.487 e. The van der Waals surface area contributed by atoms with Crippen molar-refractivity contribution in [2.75, 3.05) is 6.61 Å². The smallest absolute Gasteiger partial charge is 0.251 e. The second-order valence-electron chi connectivity index (χ2n) is 6.72. The average Bonchev–Trinajstić information content (AvgIpc) is 3.10. The van der Waals surface area contributed by atoms with Crippen molar-refractivity contribution in [3.8, 4) is 5.75 Å². The van der Waals surface area contributed by atoms with Crippen molar-refractivity contribution in [2.45, 2.75) is 44.8 Å². The molecule has 132 valence electrons. The molecule has 2 N–H and O–H groups in total. The zero-order valence-corrected chi connectivity index (χ0v) is 14.5. The summed E-state index contributed by atoms with van der Waals surface area (Å²) >= 11 is 0. The number of aryl methyl sites for hydroxylation is 1. The highest BCUT2D eigenvalue weighted by atomic mass is 16.5. The number of benzene rings is 1. The summed E-state index contributed by atoms with van der Waals surface area (Å²) in [5.41, 5.74) is 1.98. The summed E-state index contributed by atoms with van der Waals surface area (Å²) < 4.78 is 5.72. The molecule has 1 aromatic heterocycles. The molecule has 0 spiro atoms. The van der Waals surface area contributed by atoms with E-state index in [0.717, 1.165) is 36.9 Å². The quantitative estimate of drug-likeness (QED) is 0.848. The number of hydrogen-bond acceptors (Lipinski definition) is 4. The van der Waals surface area contributed by atoms with Crippen LogP contribution in [0, 0.1) is 6.92 Å². The Kier molecular flexibility index (Phi) is 5.34. The minimum absolute atomic E-state index is 0.0119. The third-order valence-electron chi connectivity index (χ3n) is 4.72. The number of ether oxygens (including phenoxy) is 1. The molecule has 1 aliphatic carbocycles. The number of hydrogen-bond donors (Lipinski definition) is 2. The van der Waals surface area contributed by atoms with Crippen molar-refractivity contribution >= 4 is 5.91 Å². The van der Waals surface area contributed by atoms with E-state index in [2.05, 4.69) is 10.3 Å². The lowest BCUT2D eigenvalue weighted by atomic mass is 9.98. The van der Waals surface area contributed by atoms with E-state index in [0.29, 0.717) is 17.9 Å². The molecule has 0 bridgehead atoms. The number of nitrogens with one attached hydrogen (secondary N) is 1. The molecule has 1 aromatic carbocycles. The molecular formula is C20H24N2O3. The Morgan fingerprint density at radius 3 is 2.76 bits per heavy atom. The Morgan fingerprint density at radius 1 is 1.28 bits per heavy atom. The lowest BCUT2D eigenvalue weighted by molar-refractivity contribution is 0.0838. The summed E-state index contributed by atoms with van der Waals surface area (Å²) in [5, 5.41) is 12.7. The number of carbonyl (C=O) groups excluding carboxylic acids is 1. The lowest BCUT2D eigenvalue weighted by Gasteiger charge is -2.28. The van der Waals surface area contributed by atoms with Crippen LogP contribution in [-0.2, 0) is 6.61 Å². The lowest BCUT2D eigenvalue weighted by Crippen LogP contribution is -2.49. The van der Waals surface area contributed by atoms with Crippen LogP contribution < -0.4 is 10.1 Å². The predicted octanol–water partition coefficient (Wildman–Crippen LogP) is 3.00.